The van der Waals surface area contributed by atoms with E-state index in [1.807, 2.05) is 6.07 Å². The summed E-state index contributed by atoms with van der Waals surface area (Å²) in [4.78, 5) is 6.12. The molecule has 1 saturated heterocycles. The van der Waals surface area contributed by atoms with Crippen molar-refractivity contribution in [3.8, 4) is 5.75 Å². The van der Waals surface area contributed by atoms with Crippen molar-refractivity contribution in [2.24, 2.45) is 0 Å². The van der Waals surface area contributed by atoms with Crippen molar-refractivity contribution in [2.75, 3.05) is 31.1 Å². The van der Waals surface area contributed by atoms with Crippen LogP contribution in [0.5, 0.6) is 5.75 Å². The zero-order valence-corrected chi connectivity index (χ0v) is 15.9. The molecule has 1 aliphatic rings. The standard InChI is InChI=1S/C18H17F3N4O3S/c19-18(20,21)28-14-2-4-15(5-3-14)29(26,27)25-12-23-16-6-1-13(11-17(16)25)24-9-7-22-8-10-24/h1-6,11-12,22H,7-10H2. The molecule has 1 fully saturated rings. The molecule has 29 heavy (non-hydrogen) atoms. The van der Waals surface area contributed by atoms with E-state index in [-0.39, 0.29) is 4.90 Å². The van der Waals surface area contributed by atoms with Crippen LogP contribution in [0.1, 0.15) is 0 Å². The van der Waals surface area contributed by atoms with Crippen LogP contribution in [0.4, 0.5) is 18.9 Å². The first-order chi connectivity index (χ1) is 13.7. The van der Waals surface area contributed by atoms with Gasteiger partial charge < -0.3 is 15.0 Å². The van der Waals surface area contributed by atoms with Crippen LogP contribution in [-0.2, 0) is 10.0 Å². The molecule has 7 nitrogen and oxygen atoms in total. The van der Waals surface area contributed by atoms with Gasteiger partial charge in [0.2, 0.25) is 0 Å². The summed E-state index contributed by atoms with van der Waals surface area (Å²) in [5.41, 5.74) is 1.78. The first-order valence-corrected chi connectivity index (χ1v) is 10.2. The van der Waals surface area contributed by atoms with Gasteiger partial charge in [-0.05, 0) is 42.5 Å². The highest BCUT2D eigenvalue weighted by atomic mass is 32.2. The van der Waals surface area contributed by atoms with E-state index in [1.165, 1.54) is 6.33 Å². The lowest BCUT2D eigenvalue weighted by molar-refractivity contribution is -0.274. The van der Waals surface area contributed by atoms with E-state index in [2.05, 4.69) is 19.9 Å². The lowest BCUT2D eigenvalue weighted by Gasteiger charge is -2.29. The van der Waals surface area contributed by atoms with Gasteiger partial charge in [0, 0.05) is 31.9 Å². The van der Waals surface area contributed by atoms with Crippen molar-refractivity contribution in [2.45, 2.75) is 11.3 Å². The van der Waals surface area contributed by atoms with Crippen molar-refractivity contribution in [1.82, 2.24) is 14.3 Å². The lowest BCUT2D eigenvalue weighted by atomic mass is 10.2. The molecule has 2 aromatic carbocycles. The molecule has 0 amide bonds. The molecule has 4 rings (SSSR count). The van der Waals surface area contributed by atoms with Crippen LogP contribution in [0.3, 0.4) is 0 Å². The average Bonchev–Trinajstić information content (AvgIpc) is 3.12. The van der Waals surface area contributed by atoms with Gasteiger partial charge in [0.1, 0.15) is 12.1 Å². The number of nitrogens with one attached hydrogen (secondary N) is 1. The second-order valence-corrected chi connectivity index (χ2v) is 8.29. The number of hydrogen-bond acceptors (Lipinski definition) is 6. The molecule has 0 bridgehead atoms. The number of fused-ring (bicyclic) bond motifs is 1. The van der Waals surface area contributed by atoms with Gasteiger partial charge in [0.05, 0.1) is 15.9 Å². The summed E-state index contributed by atoms with van der Waals surface area (Å²) in [5, 5.41) is 3.26. The molecule has 0 aliphatic carbocycles. The number of anilines is 1. The predicted molar refractivity (Wildman–Crippen MR) is 101 cm³/mol. The van der Waals surface area contributed by atoms with Gasteiger partial charge >= 0.3 is 6.36 Å². The second-order valence-electron chi connectivity index (χ2n) is 6.47. The van der Waals surface area contributed by atoms with Crippen molar-refractivity contribution < 1.29 is 26.3 Å². The highest BCUT2D eigenvalue weighted by Crippen LogP contribution is 2.27. The molecule has 0 radical (unpaired) electrons. The molecule has 0 atom stereocenters. The molecule has 154 valence electrons. The van der Waals surface area contributed by atoms with Crippen LogP contribution in [0.2, 0.25) is 0 Å². The fourth-order valence-electron chi connectivity index (χ4n) is 3.21. The smallest absolute Gasteiger partial charge is 0.406 e. The highest BCUT2D eigenvalue weighted by Gasteiger charge is 2.31. The minimum Gasteiger partial charge on any atom is -0.406 e. The maximum Gasteiger partial charge on any atom is 0.573 e. The van der Waals surface area contributed by atoms with Gasteiger partial charge in [0.25, 0.3) is 10.0 Å². The topological polar surface area (TPSA) is 76.5 Å². The van der Waals surface area contributed by atoms with E-state index in [1.54, 1.807) is 12.1 Å². The number of aromatic nitrogens is 2. The quantitative estimate of drug-likeness (QED) is 0.691. The van der Waals surface area contributed by atoms with Gasteiger partial charge in [-0.25, -0.2) is 17.4 Å². The third kappa shape index (κ3) is 4.01. The van der Waals surface area contributed by atoms with Crippen molar-refractivity contribution in [3.05, 3.63) is 48.8 Å². The van der Waals surface area contributed by atoms with Crippen LogP contribution >= 0.6 is 0 Å². The maximum absolute atomic E-state index is 13.0. The molecule has 1 aliphatic heterocycles. The van der Waals surface area contributed by atoms with Crippen LogP contribution in [0.15, 0.2) is 53.7 Å². The Kier molecular flexibility index (Phi) is 4.87. The Bertz CT molecular complexity index is 1120. The SMILES string of the molecule is O=S(=O)(c1ccc(OC(F)(F)F)cc1)n1cnc2ccc(N3CCNCC3)cc21. The maximum atomic E-state index is 13.0. The lowest BCUT2D eigenvalue weighted by Crippen LogP contribution is -2.43. The fraction of sp³-hybridized carbons (Fsp3) is 0.278. The summed E-state index contributed by atoms with van der Waals surface area (Å²) < 4.78 is 67.8. The number of ether oxygens (including phenoxy) is 1. The molecule has 2 heterocycles. The van der Waals surface area contributed by atoms with Gasteiger partial charge in [-0.2, -0.15) is 0 Å². The van der Waals surface area contributed by atoms with Gasteiger partial charge in [0.15, 0.2) is 0 Å². The number of hydrogen-bond donors (Lipinski definition) is 1. The Morgan fingerprint density at radius 3 is 2.38 bits per heavy atom. The van der Waals surface area contributed by atoms with E-state index < -0.39 is 22.1 Å². The summed E-state index contributed by atoms with van der Waals surface area (Å²) in [7, 11) is -4.04. The predicted octanol–water partition coefficient (Wildman–Crippen LogP) is 2.58. The van der Waals surface area contributed by atoms with Crippen LogP contribution in [-0.4, -0.2) is 49.9 Å². The molecule has 0 spiro atoms. The molecule has 11 heteroatoms. The second kappa shape index (κ2) is 7.23. The average molecular weight is 426 g/mol. The zero-order chi connectivity index (χ0) is 20.6. The molecule has 3 aromatic rings. The Balaban J connectivity index is 1.69. The van der Waals surface area contributed by atoms with Crippen molar-refractivity contribution in [3.63, 3.8) is 0 Å². The number of piperazine rings is 1. The highest BCUT2D eigenvalue weighted by molar-refractivity contribution is 7.90. The number of rotatable bonds is 4. The zero-order valence-electron chi connectivity index (χ0n) is 15.1. The van der Waals surface area contributed by atoms with E-state index in [4.69, 9.17) is 0 Å². The van der Waals surface area contributed by atoms with E-state index >= 15 is 0 Å². The van der Waals surface area contributed by atoms with E-state index in [0.717, 1.165) is 60.1 Å². The number of benzene rings is 2. The first-order valence-electron chi connectivity index (χ1n) is 8.78. The molecular formula is C18H17F3N4O3S. The summed E-state index contributed by atoms with van der Waals surface area (Å²) in [5.74, 6) is -0.493. The minimum absolute atomic E-state index is 0.168. The molecular weight excluding hydrogens is 409 g/mol. The van der Waals surface area contributed by atoms with E-state index in [0.29, 0.717) is 11.0 Å². The first kappa shape index (κ1) is 19.5. The Morgan fingerprint density at radius 2 is 1.72 bits per heavy atom. The number of imidazole rings is 1. The van der Waals surface area contributed by atoms with Crippen LogP contribution in [0.25, 0.3) is 11.0 Å². The van der Waals surface area contributed by atoms with Crippen molar-refractivity contribution >= 4 is 26.7 Å². The summed E-state index contributed by atoms with van der Waals surface area (Å²) in [6.07, 6.45) is -3.65. The largest absolute Gasteiger partial charge is 0.573 e. The number of nitrogens with zero attached hydrogens (tertiary/aromatic N) is 3. The van der Waals surface area contributed by atoms with Gasteiger partial charge in [-0.3, -0.25) is 0 Å². The molecule has 0 saturated carbocycles. The number of halogens is 3. The van der Waals surface area contributed by atoms with E-state index in [9.17, 15) is 21.6 Å². The van der Waals surface area contributed by atoms with Crippen LogP contribution in [0, 0.1) is 0 Å². The Hall–Kier alpha value is -2.79. The molecule has 1 aromatic heterocycles. The summed E-state index contributed by atoms with van der Waals surface area (Å²) in [6, 6.07) is 9.47. The third-order valence-corrected chi connectivity index (χ3v) is 6.27. The monoisotopic (exact) mass is 426 g/mol. The Labute approximate surface area is 164 Å². The number of alkyl halides is 3. The van der Waals surface area contributed by atoms with Crippen LogP contribution < -0.4 is 15.0 Å². The normalized spacial score (nSPS) is 15.6. The molecule has 0 unspecified atom stereocenters. The van der Waals surface area contributed by atoms with Gasteiger partial charge in [-0.15, -0.1) is 13.2 Å². The fourth-order valence-corrected chi connectivity index (χ4v) is 4.50. The molecule has 1 N–H and O–H groups in total. The van der Waals surface area contributed by atoms with Crippen molar-refractivity contribution in [1.29, 1.82) is 0 Å². The minimum atomic E-state index is -4.85. The summed E-state index contributed by atoms with van der Waals surface area (Å²) in [6.45, 7) is 3.27. The Morgan fingerprint density at radius 1 is 1.03 bits per heavy atom. The summed E-state index contributed by atoms with van der Waals surface area (Å²) >= 11 is 0. The third-order valence-electron chi connectivity index (χ3n) is 4.59. The van der Waals surface area contributed by atoms with Gasteiger partial charge in [-0.1, -0.05) is 0 Å².